The summed E-state index contributed by atoms with van der Waals surface area (Å²) in [4.78, 5) is 10.4. The summed E-state index contributed by atoms with van der Waals surface area (Å²) in [5, 5.41) is 10.6. The first-order valence-corrected chi connectivity index (χ1v) is 18.4. The minimum absolute atomic E-state index is 0.172. The maximum atomic E-state index is 5.19. The lowest BCUT2D eigenvalue weighted by Crippen LogP contribution is -2.04. The van der Waals surface area contributed by atoms with E-state index in [1.54, 1.807) is 0 Å². The van der Waals surface area contributed by atoms with Crippen molar-refractivity contribution in [3.8, 4) is 33.6 Å². The van der Waals surface area contributed by atoms with Crippen LogP contribution in [-0.4, -0.2) is 14.4 Å². The summed E-state index contributed by atoms with van der Waals surface area (Å²) in [6, 6.07) is 54.1. The molecule has 240 valence electrons. The van der Waals surface area contributed by atoms with E-state index in [2.05, 4.69) is 138 Å². The number of hydrogen-bond acceptors (Lipinski definition) is 2. The minimum atomic E-state index is 0.172. The SMILES string of the molecule is c1ccc2c3c(ccc2c1)-c1cc2c4ccccc4n4c5ccccc5c(c1C(c1ccc5c6c(cccc16)-c1nc6ccccc6nc1-5)CC3)c24. The Kier molecular flexibility index (Phi) is 5.02. The van der Waals surface area contributed by atoms with Gasteiger partial charge in [0.05, 0.1) is 39.0 Å². The Morgan fingerprint density at radius 2 is 1.13 bits per heavy atom. The number of para-hydroxylation sites is 4. The summed E-state index contributed by atoms with van der Waals surface area (Å²) >= 11 is 0. The summed E-state index contributed by atoms with van der Waals surface area (Å²) in [5.41, 5.74) is 17.2. The number of hydrogen-bond donors (Lipinski definition) is 0. The van der Waals surface area contributed by atoms with Gasteiger partial charge in [-0.1, -0.05) is 115 Å². The number of aromatic nitrogens is 3. The van der Waals surface area contributed by atoms with Gasteiger partial charge in [-0.2, -0.15) is 0 Å². The van der Waals surface area contributed by atoms with Crippen molar-refractivity contribution in [1.29, 1.82) is 0 Å². The maximum Gasteiger partial charge on any atom is 0.0979 e. The van der Waals surface area contributed by atoms with Crippen LogP contribution in [0.1, 0.15) is 29.0 Å². The van der Waals surface area contributed by atoms with Crippen LogP contribution in [-0.2, 0) is 6.42 Å². The zero-order valence-corrected chi connectivity index (χ0v) is 28.2. The molecule has 1 unspecified atom stereocenters. The van der Waals surface area contributed by atoms with E-state index in [-0.39, 0.29) is 5.92 Å². The molecule has 2 aliphatic rings. The van der Waals surface area contributed by atoms with Crippen molar-refractivity contribution in [2.45, 2.75) is 18.8 Å². The highest BCUT2D eigenvalue weighted by Crippen LogP contribution is 2.54. The number of rotatable bonds is 1. The largest absolute Gasteiger partial charge is 0.308 e. The topological polar surface area (TPSA) is 30.2 Å². The van der Waals surface area contributed by atoms with Crippen molar-refractivity contribution >= 4 is 70.7 Å². The number of fused-ring (bicyclic) bond motifs is 16. The van der Waals surface area contributed by atoms with Gasteiger partial charge in [-0.05, 0) is 87.1 Å². The van der Waals surface area contributed by atoms with E-state index in [1.165, 1.54) is 98.6 Å². The average Bonchev–Trinajstić information content (AvgIpc) is 3.78. The molecule has 0 radical (unpaired) electrons. The molecule has 0 spiro atoms. The van der Waals surface area contributed by atoms with Gasteiger partial charge in [0.25, 0.3) is 0 Å². The van der Waals surface area contributed by atoms with Crippen molar-refractivity contribution < 1.29 is 0 Å². The van der Waals surface area contributed by atoms with Crippen LogP contribution in [0.25, 0.3) is 104 Å². The minimum Gasteiger partial charge on any atom is -0.308 e. The quantitative estimate of drug-likeness (QED) is 0.176. The lowest BCUT2D eigenvalue weighted by atomic mass is 9.80. The van der Waals surface area contributed by atoms with E-state index < -0.39 is 0 Å². The fraction of sp³-hybridized carbons (Fsp3) is 0.0612. The Bertz CT molecular complexity index is 3320. The second-order valence-electron chi connectivity index (χ2n) is 14.7. The predicted molar refractivity (Wildman–Crippen MR) is 216 cm³/mol. The van der Waals surface area contributed by atoms with Gasteiger partial charge in [0.15, 0.2) is 0 Å². The molecule has 0 aliphatic heterocycles. The molecule has 3 heteroatoms. The molecule has 0 saturated carbocycles. The Morgan fingerprint density at radius 1 is 0.481 bits per heavy atom. The Hall–Kier alpha value is -6.58. The molecule has 3 heterocycles. The van der Waals surface area contributed by atoms with Crippen LogP contribution in [0.5, 0.6) is 0 Å². The second kappa shape index (κ2) is 9.60. The van der Waals surface area contributed by atoms with Crippen molar-refractivity contribution in [3.05, 3.63) is 162 Å². The van der Waals surface area contributed by atoms with Crippen molar-refractivity contribution in [3.63, 3.8) is 0 Å². The van der Waals surface area contributed by atoms with Crippen molar-refractivity contribution in [2.24, 2.45) is 0 Å². The fourth-order valence-electron chi connectivity index (χ4n) is 10.2. The Morgan fingerprint density at radius 3 is 1.96 bits per heavy atom. The van der Waals surface area contributed by atoms with E-state index in [0.717, 1.165) is 35.3 Å². The monoisotopic (exact) mass is 659 g/mol. The first-order valence-electron chi connectivity index (χ1n) is 18.4. The van der Waals surface area contributed by atoms with Gasteiger partial charge in [-0.3, -0.25) is 0 Å². The molecule has 52 heavy (non-hydrogen) atoms. The van der Waals surface area contributed by atoms with Crippen molar-refractivity contribution in [1.82, 2.24) is 14.4 Å². The van der Waals surface area contributed by atoms with Crippen LogP contribution in [0, 0.1) is 0 Å². The first kappa shape index (κ1) is 27.2. The molecule has 3 aromatic heterocycles. The van der Waals surface area contributed by atoms with Gasteiger partial charge in [0, 0.05) is 44.0 Å². The second-order valence-corrected chi connectivity index (χ2v) is 14.7. The van der Waals surface area contributed by atoms with Crippen LogP contribution in [0.2, 0.25) is 0 Å². The maximum absolute atomic E-state index is 5.19. The molecule has 11 aromatic rings. The molecule has 2 aliphatic carbocycles. The van der Waals surface area contributed by atoms with Crippen LogP contribution >= 0.6 is 0 Å². The summed E-state index contributed by atoms with van der Waals surface area (Å²) < 4.78 is 2.53. The van der Waals surface area contributed by atoms with Gasteiger partial charge in [0.2, 0.25) is 0 Å². The fourth-order valence-corrected chi connectivity index (χ4v) is 10.2. The summed E-state index contributed by atoms with van der Waals surface area (Å²) in [7, 11) is 0. The molecule has 1 atom stereocenters. The average molecular weight is 660 g/mol. The molecule has 0 saturated heterocycles. The molecule has 0 amide bonds. The highest BCUT2D eigenvalue weighted by Gasteiger charge is 2.33. The lowest BCUT2D eigenvalue weighted by Gasteiger charge is -2.23. The van der Waals surface area contributed by atoms with Crippen molar-refractivity contribution in [2.75, 3.05) is 0 Å². The summed E-state index contributed by atoms with van der Waals surface area (Å²) in [6.45, 7) is 0. The van der Waals surface area contributed by atoms with Gasteiger partial charge in [-0.25, -0.2) is 9.97 Å². The van der Waals surface area contributed by atoms with Gasteiger partial charge in [-0.15, -0.1) is 0 Å². The molecule has 3 nitrogen and oxygen atoms in total. The molecule has 0 fully saturated rings. The van der Waals surface area contributed by atoms with Crippen LogP contribution in [0.4, 0.5) is 0 Å². The van der Waals surface area contributed by atoms with E-state index in [0.29, 0.717) is 0 Å². The normalized spacial score (nSPS) is 15.0. The van der Waals surface area contributed by atoms with Gasteiger partial charge in [0.1, 0.15) is 0 Å². The zero-order valence-electron chi connectivity index (χ0n) is 28.2. The smallest absolute Gasteiger partial charge is 0.0979 e. The Labute approximate surface area is 298 Å². The summed E-state index contributed by atoms with van der Waals surface area (Å²) in [6.07, 6.45) is 2.01. The number of benzene rings is 8. The van der Waals surface area contributed by atoms with E-state index in [9.17, 15) is 0 Å². The van der Waals surface area contributed by atoms with E-state index in [4.69, 9.17) is 9.97 Å². The molecular formula is C49H29N3. The van der Waals surface area contributed by atoms with Gasteiger partial charge < -0.3 is 4.40 Å². The third kappa shape index (κ3) is 3.28. The highest BCUT2D eigenvalue weighted by atomic mass is 14.9. The third-order valence-corrected chi connectivity index (χ3v) is 12.3. The predicted octanol–water partition coefficient (Wildman–Crippen LogP) is 12.5. The summed E-state index contributed by atoms with van der Waals surface area (Å²) in [5.74, 6) is 0.172. The van der Waals surface area contributed by atoms with E-state index >= 15 is 0 Å². The number of aryl methyl sites for hydroxylation is 1. The lowest BCUT2D eigenvalue weighted by molar-refractivity contribution is 0.738. The van der Waals surface area contributed by atoms with E-state index in [1.807, 2.05) is 12.1 Å². The van der Waals surface area contributed by atoms with Gasteiger partial charge >= 0.3 is 0 Å². The molecule has 8 aromatic carbocycles. The molecule has 0 bridgehead atoms. The molecule has 0 N–H and O–H groups in total. The van der Waals surface area contributed by atoms with Crippen LogP contribution in [0.3, 0.4) is 0 Å². The van der Waals surface area contributed by atoms with Crippen LogP contribution < -0.4 is 0 Å². The third-order valence-electron chi connectivity index (χ3n) is 12.3. The van der Waals surface area contributed by atoms with Crippen LogP contribution in [0.15, 0.2) is 146 Å². The highest BCUT2D eigenvalue weighted by molar-refractivity contribution is 6.26. The molecular weight excluding hydrogens is 631 g/mol. The number of nitrogens with zero attached hydrogens (tertiary/aromatic N) is 3. The standard InChI is InChI=1S/C49H29N3/c1-2-11-28-27(10-1)20-21-30-29(28)22-24-34(31-23-25-37-44-33(31)14-9-15-36(44)47-48(37)51-41-17-6-5-16-40(41)50-47)45-38(30)26-39-32-12-3-7-18-42(32)52-43-19-8-4-13-35(43)46(45)49(39)52/h1-21,23,25-26,34H,22,24H2. The zero-order chi connectivity index (χ0) is 33.7. The Balaban J connectivity index is 1.18. The molecule has 13 rings (SSSR count). The first-order chi connectivity index (χ1) is 25.8.